The first kappa shape index (κ1) is 25.0. The van der Waals surface area contributed by atoms with Gasteiger partial charge in [-0.2, -0.15) is 0 Å². The fraction of sp³-hybridized carbons (Fsp3) is 0.448. The number of ketones is 1. The van der Waals surface area contributed by atoms with Gasteiger partial charge in [0.05, 0.1) is 5.69 Å². The van der Waals surface area contributed by atoms with E-state index < -0.39 is 0 Å². The van der Waals surface area contributed by atoms with Crippen molar-refractivity contribution in [3.8, 4) is 11.5 Å². The molecule has 3 heterocycles. The molecule has 0 saturated carbocycles. The van der Waals surface area contributed by atoms with Crippen LogP contribution in [0.15, 0.2) is 52.9 Å². The number of aromatic nitrogens is 1. The molecule has 3 aromatic rings. The first-order chi connectivity index (χ1) is 17.4. The Labute approximate surface area is 218 Å². The predicted molar refractivity (Wildman–Crippen MR) is 145 cm³/mol. The zero-order chi connectivity index (χ0) is 25.1. The molecule has 190 valence electrons. The molecule has 2 aromatic carbocycles. The van der Waals surface area contributed by atoms with Gasteiger partial charge in [0.25, 0.3) is 0 Å². The molecular formula is C29H35ClN4O2. The molecule has 0 radical (unpaired) electrons. The predicted octanol–water partition coefficient (Wildman–Crippen LogP) is 5.08. The van der Waals surface area contributed by atoms with Gasteiger partial charge in [-0.25, -0.2) is 4.98 Å². The lowest BCUT2D eigenvalue weighted by molar-refractivity contribution is -0.123. The fourth-order valence-electron chi connectivity index (χ4n) is 5.15. The molecule has 5 rings (SSSR count). The maximum Gasteiger partial charge on any atom is 0.226 e. The molecular weight excluding hydrogens is 472 g/mol. The van der Waals surface area contributed by atoms with Crippen LogP contribution in [0.3, 0.4) is 0 Å². The number of halogens is 1. The van der Waals surface area contributed by atoms with Gasteiger partial charge in [-0.3, -0.25) is 9.69 Å². The number of hydrogen-bond donors (Lipinski definition) is 0. The molecule has 0 bridgehead atoms. The summed E-state index contributed by atoms with van der Waals surface area (Å²) in [5.74, 6) is 1.98. The molecule has 0 spiro atoms. The molecule has 0 N–H and O–H groups in total. The summed E-state index contributed by atoms with van der Waals surface area (Å²) in [6.45, 7) is 8.83. The second-order valence-electron chi connectivity index (χ2n) is 10.2. The number of benzene rings is 2. The lowest BCUT2D eigenvalue weighted by atomic mass is 9.89. The topological polar surface area (TPSA) is 52.8 Å². The second kappa shape index (κ2) is 11.2. The molecule has 2 fully saturated rings. The zero-order valence-corrected chi connectivity index (χ0v) is 22.0. The average molecular weight is 507 g/mol. The van der Waals surface area contributed by atoms with Gasteiger partial charge >= 0.3 is 0 Å². The Morgan fingerprint density at radius 3 is 2.31 bits per heavy atom. The Morgan fingerprint density at radius 1 is 0.972 bits per heavy atom. The number of carbonyl (C=O) groups is 1. The number of aryl methyl sites for hydroxylation is 1. The van der Waals surface area contributed by atoms with Crippen LogP contribution in [-0.4, -0.2) is 66.9 Å². The summed E-state index contributed by atoms with van der Waals surface area (Å²) in [6.07, 6.45) is 2.33. The zero-order valence-electron chi connectivity index (χ0n) is 21.3. The number of oxazole rings is 1. The molecule has 0 atom stereocenters. The molecule has 6 nitrogen and oxygen atoms in total. The lowest BCUT2D eigenvalue weighted by Gasteiger charge is -2.34. The summed E-state index contributed by atoms with van der Waals surface area (Å²) in [5, 5.41) is 0.697. The molecule has 1 aromatic heterocycles. The van der Waals surface area contributed by atoms with Crippen molar-refractivity contribution in [3.63, 3.8) is 0 Å². The molecule has 0 amide bonds. The van der Waals surface area contributed by atoms with Gasteiger partial charge in [-0.15, -0.1) is 0 Å². The largest absolute Gasteiger partial charge is 0.441 e. The number of Topliss-reactive ketones (excluding diaryl/α,β-unsaturated/α-hetero) is 1. The quantitative estimate of drug-likeness (QED) is 0.445. The van der Waals surface area contributed by atoms with Crippen molar-refractivity contribution in [1.82, 2.24) is 14.8 Å². The summed E-state index contributed by atoms with van der Waals surface area (Å²) in [6, 6.07) is 16.2. The molecule has 2 aliphatic rings. The molecule has 2 saturated heterocycles. The summed E-state index contributed by atoms with van der Waals surface area (Å²) in [4.78, 5) is 24.9. The summed E-state index contributed by atoms with van der Waals surface area (Å²) >= 11 is 6.00. The number of anilines is 1. The molecule has 0 aliphatic carbocycles. The Balaban J connectivity index is 1.11. The van der Waals surface area contributed by atoms with Crippen molar-refractivity contribution in [1.29, 1.82) is 0 Å². The highest BCUT2D eigenvalue weighted by Gasteiger charge is 2.26. The Hall–Kier alpha value is -2.67. The highest BCUT2D eigenvalue weighted by atomic mass is 35.5. The number of hydrogen-bond acceptors (Lipinski definition) is 6. The number of carbonyl (C=O) groups excluding carboxylic acids is 1. The minimum Gasteiger partial charge on any atom is -0.441 e. The number of rotatable bonds is 7. The first-order valence-electron chi connectivity index (χ1n) is 12.9. The number of likely N-dealkylation sites (N-methyl/N-ethyl adjacent to an activating group) is 1. The van der Waals surface area contributed by atoms with Gasteiger partial charge in [0.2, 0.25) is 5.89 Å². The van der Waals surface area contributed by atoms with Crippen molar-refractivity contribution in [2.75, 3.05) is 51.2 Å². The summed E-state index contributed by atoms with van der Waals surface area (Å²) < 4.78 is 5.92. The third kappa shape index (κ3) is 6.00. The minimum atomic E-state index is 0.140. The maximum absolute atomic E-state index is 13.0. The van der Waals surface area contributed by atoms with E-state index in [1.54, 1.807) is 0 Å². The smallest absolute Gasteiger partial charge is 0.226 e. The van der Waals surface area contributed by atoms with E-state index >= 15 is 0 Å². The summed E-state index contributed by atoms with van der Waals surface area (Å²) in [5.41, 5.74) is 4.27. The summed E-state index contributed by atoms with van der Waals surface area (Å²) in [7, 11) is 2.17. The standard InChI is InChI=1S/C29H35ClN4O2/c1-21-27(31-29(36-21)24-5-7-25(30)8-6-24)20-33-13-11-23(12-14-33)28(35)19-22-3-9-26(10-4-22)34-17-15-32(2)16-18-34/h3-10,23H,11-20H2,1-2H3. The van der Waals surface area contributed by atoms with Crippen LogP contribution in [0.5, 0.6) is 0 Å². The van der Waals surface area contributed by atoms with Gasteiger partial charge in [-0.1, -0.05) is 23.7 Å². The van der Waals surface area contributed by atoms with Gasteiger partial charge in [0.15, 0.2) is 0 Å². The minimum absolute atomic E-state index is 0.140. The van der Waals surface area contributed by atoms with Crippen LogP contribution in [-0.2, 0) is 17.8 Å². The third-order valence-electron chi connectivity index (χ3n) is 7.58. The van der Waals surface area contributed by atoms with Crippen LogP contribution < -0.4 is 4.90 Å². The van der Waals surface area contributed by atoms with E-state index in [0.29, 0.717) is 23.1 Å². The van der Waals surface area contributed by atoms with E-state index in [-0.39, 0.29) is 5.92 Å². The van der Waals surface area contributed by atoms with Gasteiger partial charge < -0.3 is 14.2 Å². The van der Waals surface area contributed by atoms with Crippen LogP contribution in [0.4, 0.5) is 5.69 Å². The molecule has 2 aliphatic heterocycles. The Bertz CT molecular complexity index is 1160. The van der Waals surface area contributed by atoms with Crippen molar-refractivity contribution in [2.24, 2.45) is 5.92 Å². The second-order valence-corrected chi connectivity index (χ2v) is 10.6. The van der Waals surface area contributed by atoms with Crippen LogP contribution in [0.1, 0.15) is 29.9 Å². The van der Waals surface area contributed by atoms with E-state index in [4.69, 9.17) is 21.0 Å². The average Bonchev–Trinajstić information content (AvgIpc) is 3.25. The molecule has 36 heavy (non-hydrogen) atoms. The number of nitrogens with zero attached hydrogens (tertiary/aromatic N) is 4. The maximum atomic E-state index is 13.0. The van der Waals surface area contributed by atoms with E-state index in [9.17, 15) is 4.79 Å². The van der Waals surface area contributed by atoms with Crippen molar-refractivity contribution in [3.05, 3.63) is 70.6 Å². The van der Waals surface area contributed by atoms with Crippen LogP contribution in [0, 0.1) is 12.8 Å². The van der Waals surface area contributed by atoms with Crippen LogP contribution >= 0.6 is 11.6 Å². The van der Waals surface area contributed by atoms with E-state index in [0.717, 1.165) is 81.2 Å². The van der Waals surface area contributed by atoms with E-state index in [1.165, 1.54) is 5.69 Å². The molecule has 7 heteroatoms. The lowest BCUT2D eigenvalue weighted by Crippen LogP contribution is -2.44. The van der Waals surface area contributed by atoms with Crippen LogP contribution in [0.25, 0.3) is 11.5 Å². The first-order valence-corrected chi connectivity index (χ1v) is 13.3. The van der Waals surface area contributed by atoms with Gasteiger partial charge in [0.1, 0.15) is 11.5 Å². The number of likely N-dealkylation sites (tertiary alicyclic amines) is 1. The monoisotopic (exact) mass is 506 g/mol. The van der Waals surface area contributed by atoms with Crippen molar-refractivity contribution < 1.29 is 9.21 Å². The van der Waals surface area contributed by atoms with E-state index in [1.807, 2.05) is 31.2 Å². The third-order valence-corrected chi connectivity index (χ3v) is 7.84. The highest BCUT2D eigenvalue weighted by molar-refractivity contribution is 6.30. The number of piperazine rings is 1. The number of piperidine rings is 1. The van der Waals surface area contributed by atoms with E-state index in [2.05, 4.69) is 46.0 Å². The Kier molecular flexibility index (Phi) is 7.75. The fourth-order valence-corrected chi connectivity index (χ4v) is 5.28. The van der Waals surface area contributed by atoms with Gasteiger partial charge in [0, 0.05) is 61.3 Å². The SMILES string of the molecule is Cc1oc(-c2ccc(Cl)cc2)nc1CN1CCC(C(=O)Cc2ccc(N3CCN(C)CC3)cc2)CC1. The van der Waals surface area contributed by atoms with Crippen molar-refractivity contribution >= 4 is 23.1 Å². The normalized spacial score (nSPS) is 18.0. The van der Waals surface area contributed by atoms with Crippen molar-refractivity contribution in [2.45, 2.75) is 32.7 Å². The molecule has 0 unspecified atom stereocenters. The van der Waals surface area contributed by atoms with Crippen LogP contribution in [0.2, 0.25) is 5.02 Å². The highest BCUT2D eigenvalue weighted by Crippen LogP contribution is 2.26. The van der Waals surface area contributed by atoms with Gasteiger partial charge in [-0.05, 0) is 81.9 Å². The Morgan fingerprint density at radius 2 is 1.64 bits per heavy atom.